The Hall–Kier alpha value is -2.05. The average molecular weight is 312 g/mol. The van der Waals surface area contributed by atoms with Gasteiger partial charge in [-0.05, 0) is 6.92 Å². The number of nitrogens with two attached hydrogens (primary N) is 2. The van der Waals surface area contributed by atoms with Crippen LogP contribution in [0.3, 0.4) is 0 Å². The Kier molecular flexibility index (Phi) is 3.02. The molecule has 1 aliphatic heterocycles. The van der Waals surface area contributed by atoms with Gasteiger partial charge in [0.1, 0.15) is 18.5 Å². The summed E-state index contributed by atoms with van der Waals surface area (Å²) in [5.74, 6) is -2.60. The molecule has 1 fully saturated rings. The molecule has 2 aromatic heterocycles. The lowest BCUT2D eigenvalue weighted by molar-refractivity contribution is -0.317. The zero-order chi connectivity index (χ0) is 16.3. The largest absolute Gasteiger partial charge is 0.394 e. The smallest absolute Gasteiger partial charge is 0.288 e. The molecule has 1 aliphatic rings. The molecule has 11 heteroatoms. The highest BCUT2D eigenvalue weighted by molar-refractivity contribution is 5.82. The molecule has 0 amide bonds. The molecule has 0 saturated carbocycles. The second-order valence-corrected chi connectivity index (χ2v) is 5.29. The van der Waals surface area contributed by atoms with Crippen molar-refractivity contribution in [2.24, 2.45) is 0 Å². The minimum atomic E-state index is -2.43. The van der Waals surface area contributed by atoms with E-state index in [9.17, 15) is 20.4 Å². The van der Waals surface area contributed by atoms with Gasteiger partial charge in [-0.15, -0.1) is 0 Å². The summed E-state index contributed by atoms with van der Waals surface area (Å²) in [7, 11) is 0. The van der Waals surface area contributed by atoms with E-state index in [1.54, 1.807) is 0 Å². The van der Waals surface area contributed by atoms with Crippen LogP contribution in [0.25, 0.3) is 11.2 Å². The number of ether oxygens (including phenoxy) is 1. The highest BCUT2D eigenvalue weighted by Gasteiger charge is 2.64. The minimum Gasteiger partial charge on any atom is -0.394 e. The Labute approximate surface area is 123 Å². The van der Waals surface area contributed by atoms with Crippen molar-refractivity contribution in [1.82, 2.24) is 19.5 Å². The van der Waals surface area contributed by atoms with Crippen molar-refractivity contribution in [2.45, 2.75) is 30.6 Å². The molecule has 4 atom stereocenters. The van der Waals surface area contributed by atoms with E-state index in [4.69, 9.17) is 16.2 Å². The molecule has 11 nitrogen and oxygen atoms in total. The molecule has 3 heterocycles. The molecule has 0 unspecified atom stereocenters. The Morgan fingerprint density at radius 3 is 2.64 bits per heavy atom. The molecule has 2 aromatic rings. The lowest BCUT2D eigenvalue weighted by Crippen LogP contribution is -2.55. The summed E-state index contributed by atoms with van der Waals surface area (Å²) < 4.78 is 6.23. The van der Waals surface area contributed by atoms with Crippen LogP contribution in [0.2, 0.25) is 0 Å². The van der Waals surface area contributed by atoms with E-state index < -0.39 is 30.3 Å². The number of aliphatic hydroxyl groups is 4. The topological polar surface area (TPSA) is 186 Å². The average Bonchev–Trinajstić information content (AvgIpc) is 2.93. The Morgan fingerprint density at radius 2 is 2.05 bits per heavy atom. The lowest BCUT2D eigenvalue weighted by atomic mass is 9.94. The predicted molar refractivity (Wildman–Crippen MR) is 72.9 cm³/mol. The van der Waals surface area contributed by atoms with Crippen molar-refractivity contribution in [2.75, 3.05) is 18.1 Å². The number of nitrogen functional groups attached to an aromatic ring is 2. The first-order chi connectivity index (χ1) is 10.2. The van der Waals surface area contributed by atoms with E-state index in [1.165, 1.54) is 0 Å². The number of imidazole rings is 1. The molecule has 120 valence electrons. The summed E-state index contributed by atoms with van der Waals surface area (Å²) in [5, 5.41) is 40.5. The Bertz CT molecular complexity index is 733. The van der Waals surface area contributed by atoms with Gasteiger partial charge in [0.25, 0.3) is 5.91 Å². The number of hydrogen-bond donors (Lipinski definition) is 6. The fraction of sp³-hybridized carbons (Fsp3) is 0.545. The second kappa shape index (κ2) is 4.47. The highest BCUT2D eigenvalue weighted by atomic mass is 16.7. The predicted octanol–water partition coefficient (Wildman–Crippen LogP) is -2.90. The van der Waals surface area contributed by atoms with Gasteiger partial charge in [0.15, 0.2) is 22.6 Å². The Balaban J connectivity index is 2.22. The van der Waals surface area contributed by atoms with Crippen LogP contribution in [0, 0.1) is 0 Å². The monoisotopic (exact) mass is 312 g/mol. The third-order valence-corrected chi connectivity index (χ3v) is 3.85. The first kappa shape index (κ1) is 14.9. The molecule has 0 aliphatic carbocycles. The van der Waals surface area contributed by atoms with Crippen LogP contribution >= 0.6 is 0 Å². The van der Waals surface area contributed by atoms with E-state index in [1.807, 2.05) is 0 Å². The maximum absolute atomic E-state index is 10.8. The Morgan fingerprint density at radius 1 is 1.36 bits per heavy atom. The van der Waals surface area contributed by atoms with Crippen molar-refractivity contribution < 1.29 is 25.2 Å². The fourth-order valence-electron chi connectivity index (χ4n) is 2.55. The minimum absolute atomic E-state index is 0.0123. The van der Waals surface area contributed by atoms with Gasteiger partial charge in [-0.25, -0.2) is 4.98 Å². The molecule has 8 N–H and O–H groups in total. The van der Waals surface area contributed by atoms with Crippen LogP contribution < -0.4 is 11.5 Å². The maximum atomic E-state index is 10.8. The molecule has 3 rings (SSSR count). The second-order valence-electron chi connectivity index (χ2n) is 5.29. The van der Waals surface area contributed by atoms with Crippen molar-refractivity contribution in [3.8, 4) is 0 Å². The van der Waals surface area contributed by atoms with Gasteiger partial charge < -0.3 is 36.6 Å². The number of fused-ring (bicyclic) bond motifs is 1. The first-order valence-electron chi connectivity index (χ1n) is 6.40. The summed E-state index contributed by atoms with van der Waals surface area (Å²) in [6.07, 6.45) is -1.62. The van der Waals surface area contributed by atoms with Gasteiger partial charge in [0, 0.05) is 0 Å². The molecular formula is C11H16N6O5. The fourth-order valence-corrected chi connectivity index (χ4v) is 2.55. The number of rotatable bonds is 2. The summed E-state index contributed by atoms with van der Waals surface area (Å²) in [6.45, 7) is 0.554. The quantitative estimate of drug-likeness (QED) is 0.336. The van der Waals surface area contributed by atoms with Crippen LogP contribution in [0.15, 0.2) is 6.33 Å². The number of nitrogens with zero attached hydrogens (tertiary/aromatic N) is 4. The van der Waals surface area contributed by atoms with E-state index in [-0.39, 0.29) is 22.9 Å². The van der Waals surface area contributed by atoms with Crippen LogP contribution in [0.4, 0.5) is 11.8 Å². The maximum Gasteiger partial charge on any atom is 0.288 e. The molecule has 0 radical (unpaired) electrons. The van der Waals surface area contributed by atoms with E-state index in [0.717, 1.165) is 17.8 Å². The lowest BCUT2D eigenvalue weighted by Gasteiger charge is -2.34. The van der Waals surface area contributed by atoms with Gasteiger partial charge >= 0.3 is 0 Å². The summed E-state index contributed by atoms with van der Waals surface area (Å²) in [5.41, 5.74) is 9.21. The zero-order valence-corrected chi connectivity index (χ0v) is 11.6. The normalized spacial score (nSPS) is 35.3. The summed E-state index contributed by atoms with van der Waals surface area (Å²) >= 11 is 0. The molecule has 22 heavy (non-hydrogen) atoms. The van der Waals surface area contributed by atoms with Crippen molar-refractivity contribution in [1.29, 1.82) is 0 Å². The zero-order valence-electron chi connectivity index (χ0n) is 11.6. The van der Waals surface area contributed by atoms with Crippen molar-refractivity contribution >= 4 is 22.9 Å². The van der Waals surface area contributed by atoms with E-state index in [0.29, 0.717) is 0 Å². The first-order valence-corrected chi connectivity index (χ1v) is 6.40. The van der Waals surface area contributed by atoms with Gasteiger partial charge in [-0.1, -0.05) is 0 Å². The third-order valence-electron chi connectivity index (χ3n) is 3.85. The molecule has 0 spiro atoms. The number of aliphatic hydroxyl groups excluding tert-OH is 2. The van der Waals surface area contributed by atoms with E-state index >= 15 is 0 Å². The van der Waals surface area contributed by atoms with Gasteiger partial charge in [-0.2, -0.15) is 9.97 Å². The molecule has 0 aromatic carbocycles. The third kappa shape index (κ3) is 1.71. The van der Waals surface area contributed by atoms with Gasteiger partial charge in [0.05, 0.1) is 6.61 Å². The van der Waals surface area contributed by atoms with Crippen LogP contribution in [-0.2, 0) is 10.6 Å². The standard InChI is InChI=1S/C11H16N6O5/c1-10(20)6(19)4(2-18)22-11(10,21)17-3-14-5-7(12)15-9(13)16-8(5)17/h3-4,6,18-21H,2H2,1H3,(H4,12,13,15,16)/t4-,6-,10-,11+/m1/s1. The van der Waals surface area contributed by atoms with Crippen LogP contribution in [-0.4, -0.2) is 64.4 Å². The number of aromatic nitrogens is 4. The van der Waals surface area contributed by atoms with Crippen molar-refractivity contribution in [3.05, 3.63) is 6.33 Å². The van der Waals surface area contributed by atoms with E-state index in [2.05, 4.69) is 15.0 Å². The highest BCUT2D eigenvalue weighted by Crippen LogP contribution is 2.42. The SMILES string of the molecule is C[C@@]1(O)[C@H](O)[C@@H](CO)O[C@]1(O)n1cnc2c(N)nc(N)nc21. The van der Waals surface area contributed by atoms with Crippen LogP contribution in [0.1, 0.15) is 6.92 Å². The van der Waals surface area contributed by atoms with Gasteiger partial charge in [-0.3, -0.25) is 4.57 Å². The van der Waals surface area contributed by atoms with Crippen molar-refractivity contribution in [3.63, 3.8) is 0 Å². The molecular weight excluding hydrogens is 296 g/mol. The summed E-state index contributed by atoms with van der Waals surface area (Å²) in [4.78, 5) is 11.6. The molecule has 0 bridgehead atoms. The summed E-state index contributed by atoms with van der Waals surface area (Å²) in [6, 6.07) is 0. The number of hydrogen-bond acceptors (Lipinski definition) is 10. The number of anilines is 2. The van der Waals surface area contributed by atoms with Crippen LogP contribution in [0.5, 0.6) is 0 Å². The molecule has 1 saturated heterocycles. The van der Waals surface area contributed by atoms with Gasteiger partial charge in [0.2, 0.25) is 5.95 Å².